The Hall–Kier alpha value is -3.61. The van der Waals surface area contributed by atoms with Crippen LogP contribution < -0.4 is 21.3 Å². The van der Waals surface area contributed by atoms with Gasteiger partial charge in [0.2, 0.25) is 17.7 Å². The van der Waals surface area contributed by atoms with Crippen LogP contribution in [-0.2, 0) is 24.6 Å². The molecule has 5 N–H and O–H groups in total. The van der Waals surface area contributed by atoms with Crippen molar-refractivity contribution in [1.29, 1.82) is 0 Å². The second kappa shape index (κ2) is 18.1. The van der Waals surface area contributed by atoms with Gasteiger partial charge in [0.05, 0.1) is 17.9 Å². The van der Waals surface area contributed by atoms with Crippen molar-refractivity contribution < 1.29 is 29.1 Å². The summed E-state index contributed by atoms with van der Waals surface area (Å²) in [7, 11) is 0. The van der Waals surface area contributed by atoms with E-state index >= 15 is 0 Å². The summed E-state index contributed by atoms with van der Waals surface area (Å²) in [5.74, 6) is -0.577. The Balaban J connectivity index is 1.08. The third kappa shape index (κ3) is 10.2. The van der Waals surface area contributed by atoms with Crippen molar-refractivity contribution >= 4 is 29.5 Å². The highest BCUT2D eigenvalue weighted by Gasteiger charge is 2.52. The standard InChI is InChI=1S/C44H69N7O6/c1-7-12-32(36(52)41(56)48-30-18-19-30)49-40(55)35-31-17-10-15-29(31)25-51(35)42(57)37(43(3,4)5)50-38(53)26(2)47-39(54)33-23-46-34(24-45-33)44(6)21-11-16-28(20-22-44)27-13-8-9-14-27/h23-24,26-32,35-37,52H,7-22,25H2,1-6H3,(H,47,54)(H,48,56)(H,49,55)(H,50,53)/t26-,28?,29-,31-,32-,35-,36?,37+,44?/m0/s1. The van der Waals surface area contributed by atoms with E-state index in [0.717, 1.165) is 62.5 Å². The highest BCUT2D eigenvalue weighted by atomic mass is 16.3. The van der Waals surface area contributed by atoms with Crippen LogP contribution in [0.4, 0.5) is 0 Å². The van der Waals surface area contributed by atoms with Gasteiger partial charge >= 0.3 is 0 Å². The number of nitrogens with zero attached hydrogens (tertiary/aromatic N) is 3. The quantitative estimate of drug-likeness (QED) is 0.168. The number of fused-ring (bicyclic) bond motifs is 1. The number of aliphatic hydroxyl groups excluding tert-OH is 1. The van der Waals surface area contributed by atoms with Gasteiger partial charge in [-0.3, -0.25) is 29.0 Å². The van der Waals surface area contributed by atoms with Crippen LogP contribution >= 0.6 is 0 Å². The number of hydrogen-bond donors (Lipinski definition) is 5. The number of aromatic nitrogens is 2. The van der Waals surface area contributed by atoms with Crippen molar-refractivity contribution in [2.45, 2.75) is 186 Å². The predicted octanol–water partition coefficient (Wildman–Crippen LogP) is 4.71. The van der Waals surface area contributed by atoms with E-state index in [1.165, 1.54) is 51.1 Å². The average Bonchev–Trinajstić information content (AvgIpc) is 3.50. The van der Waals surface area contributed by atoms with Crippen molar-refractivity contribution in [1.82, 2.24) is 36.1 Å². The molecular weight excluding hydrogens is 723 g/mol. The van der Waals surface area contributed by atoms with Crippen LogP contribution in [0.5, 0.6) is 0 Å². The molecule has 13 nitrogen and oxygen atoms in total. The molecule has 6 rings (SSSR count). The number of likely N-dealkylation sites (tertiary alicyclic amines) is 1. The van der Waals surface area contributed by atoms with Crippen molar-refractivity contribution in [3.05, 3.63) is 23.8 Å². The highest BCUT2D eigenvalue weighted by Crippen LogP contribution is 2.45. The van der Waals surface area contributed by atoms with Gasteiger partial charge in [0.1, 0.15) is 23.8 Å². The molecule has 316 valence electrons. The van der Waals surface area contributed by atoms with Crippen LogP contribution in [0.15, 0.2) is 12.4 Å². The Kier molecular flexibility index (Phi) is 13.7. The zero-order valence-corrected chi connectivity index (χ0v) is 35.3. The van der Waals surface area contributed by atoms with E-state index in [1.807, 2.05) is 27.7 Å². The maximum absolute atomic E-state index is 14.5. The summed E-state index contributed by atoms with van der Waals surface area (Å²) in [5, 5.41) is 22.4. The van der Waals surface area contributed by atoms with E-state index in [4.69, 9.17) is 4.98 Å². The monoisotopic (exact) mass is 792 g/mol. The minimum absolute atomic E-state index is 0.0605. The minimum atomic E-state index is -1.40. The smallest absolute Gasteiger partial charge is 0.272 e. The van der Waals surface area contributed by atoms with E-state index in [2.05, 4.69) is 33.2 Å². The lowest BCUT2D eigenvalue weighted by atomic mass is 9.78. The SMILES string of the molecule is CCC[C@H](NC(=O)[C@@H]1[C@H]2CCC[C@H]2CN1C(=O)[C@@H](NC(=O)[C@H](C)NC(=O)c1cnc(C2(C)CCCC(C3CCCC3)CC2)cn1)C(C)(C)C)C(O)C(=O)NC1CC1. The van der Waals surface area contributed by atoms with E-state index in [-0.39, 0.29) is 40.8 Å². The third-order valence-electron chi connectivity index (χ3n) is 14.0. The molecule has 5 fully saturated rings. The molecule has 0 aromatic carbocycles. The number of rotatable bonds is 14. The van der Waals surface area contributed by atoms with Gasteiger partial charge in [-0.15, -0.1) is 0 Å². The average molecular weight is 792 g/mol. The van der Waals surface area contributed by atoms with Crippen LogP contribution in [-0.4, -0.2) is 92.4 Å². The second-order valence-corrected chi connectivity index (χ2v) is 19.5. The van der Waals surface area contributed by atoms with E-state index in [1.54, 1.807) is 18.0 Å². The molecule has 1 aliphatic heterocycles. The van der Waals surface area contributed by atoms with E-state index < -0.39 is 53.4 Å². The number of aliphatic hydroxyl groups is 1. The summed E-state index contributed by atoms with van der Waals surface area (Å²) in [6.45, 7) is 11.7. The first-order valence-electron chi connectivity index (χ1n) is 22.1. The number of carbonyl (C=O) groups excluding carboxylic acids is 5. The fraction of sp³-hybridized carbons (Fsp3) is 0.795. The van der Waals surface area contributed by atoms with Crippen molar-refractivity contribution in [2.75, 3.05) is 6.54 Å². The molecule has 0 spiro atoms. The molecule has 0 bridgehead atoms. The van der Waals surface area contributed by atoms with E-state index in [9.17, 15) is 29.1 Å². The van der Waals surface area contributed by atoms with Gasteiger partial charge in [-0.25, -0.2) is 4.98 Å². The van der Waals surface area contributed by atoms with Crippen molar-refractivity contribution in [2.24, 2.45) is 29.1 Å². The Morgan fingerprint density at radius 1 is 0.842 bits per heavy atom. The van der Waals surface area contributed by atoms with Crippen molar-refractivity contribution in [3.63, 3.8) is 0 Å². The molecule has 4 saturated carbocycles. The summed E-state index contributed by atoms with van der Waals surface area (Å²) in [6.07, 6.45) is 18.5. The maximum atomic E-state index is 14.5. The van der Waals surface area contributed by atoms with Gasteiger partial charge in [-0.2, -0.15) is 0 Å². The summed E-state index contributed by atoms with van der Waals surface area (Å²) >= 11 is 0. The molecular formula is C44H69N7O6. The van der Waals surface area contributed by atoms with Gasteiger partial charge in [-0.05, 0) is 87.4 Å². The molecule has 1 aromatic heterocycles. The lowest BCUT2D eigenvalue weighted by Crippen LogP contribution is -2.61. The fourth-order valence-corrected chi connectivity index (χ4v) is 10.3. The minimum Gasteiger partial charge on any atom is -0.381 e. The van der Waals surface area contributed by atoms with Gasteiger partial charge < -0.3 is 31.3 Å². The molecule has 9 atom stereocenters. The first-order chi connectivity index (χ1) is 27.1. The Labute approximate surface area is 339 Å². The Morgan fingerprint density at radius 3 is 2.18 bits per heavy atom. The predicted molar refractivity (Wildman–Crippen MR) is 217 cm³/mol. The molecule has 13 heteroatoms. The number of amides is 5. The summed E-state index contributed by atoms with van der Waals surface area (Å²) in [4.78, 5) is 79.3. The molecule has 57 heavy (non-hydrogen) atoms. The molecule has 4 aliphatic carbocycles. The van der Waals surface area contributed by atoms with Crippen LogP contribution in [0.1, 0.15) is 160 Å². The second-order valence-electron chi connectivity index (χ2n) is 19.5. The summed E-state index contributed by atoms with van der Waals surface area (Å²) < 4.78 is 0. The van der Waals surface area contributed by atoms with Gasteiger partial charge in [-0.1, -0.05) is 86.0 Å². The van der Waals surface area contributed by atoms with Gasteiger partial charge in [0, 0.05) is 24.2 Å². The highest BCUT2D eigenvalue weighted by molar-refractivity contribution is 5.98. The maximum Gasteiger partial charge on any atom is 0.272 e. The molecule has 0 radical (unpaired) electrons. The lowest BCUT2D eigenvalue weighted by Gasteiger charge is -2.37. The zero-order chi connectivity index (χ0) is 41.1. The molecule has 2 heterocycles. The van der Waals surface area contributed by atoms with Crippen LogP contribution in [0.2, 0.25) is 0 Å². The van der Waals surface area contributed by atoms with Gasteiger partial charge in [0.25, 0.3) is 11.8 Å². The number of nitrogens with one attached hydrogen (secondary N) is 4. The largest absolute Gasteiger partial charge is 0.381 e. The van der Waals surface area contributed by atoms with Crippen LogP contribution in [0.3, 0.4) is 0 Å². The van der Waals surface area contributed by atoms with Crippen molar-refractivity contribution in [3.8, 4) is 0 Å². The molecule has 1 aromatic rings. The molecule has 3 unspecified atom stereocenters. The molecule has 5 aliphatic rings. The van der Waals surface area contributed by atoms with E-state index in [0.29, 0.717) is 19.4 Å². The van der Waals surface area contributed by atoms with Gasteiger partial charge in [0.15, 0.2) is 6.10 Å². The summed E-state index contributed by atoms with van der Waals surface area (Å²) in [6, 6.07) is -3.50. The number of carbonyl (C=O) groups is 5. The topological polar surface area (TPSA) is 183 Å². The third-order valence-corrected chi connectivity index (χ3v) is 14.0. The van der Waals surface area contributed by atoms with Crippen LogP contribution in [0.25, 0.3) is 0 Å². The molecule has 1 saturated heterocycles. The zero-order valence-electron chi connectivity index (χ0n) is 35.3. The molecule has 5 amide bonds. The normalized spacial score (nSPS) is 28.7. The first kappa shape index (κ1) is 43.0. The number of hydrogen-bond acceptors (Lipinski definition) is 8. The van der Waals surface area contributed by atoms with Crippen LogP contribution in [0, 0.1) is 29.1 Å². The fourth-order valence-electron chi connectivity index (χ4n) is 10.3. The Morgan fingerprint density at radius 2 is 1.53 bits per heavy atom. The first-order valence-corrected chi connectivity index (χ1v) is 22.1. The summed E-state index contributed by atoms with van der Waals surface area (Å²) in [5.41, 5.74) is 0.202. The lowest BCUT2D eigenvalue weighted by molar-refractivity contribution is -0.145. The Bertz CT molecular complexity index is 1600.